The van der Waals surface area contributed by atoms with Gasteiger partial charge in [-0.25, -0.2) is 4.39 Å². The van der Waals surface area contributed by atoms with E-state index in [1.54, 1.807) is 12.1 Å². The lowest BCUT2D eigenvalue weighted by Gasteiger charge is -2.32. The fraction of sp³-hybridized carbons (Fsp3) is 0.571. The molecule has 3 nitrogen and oxygen atoms in total. The molecule has 0 radical (unpaired) electrons. The number of piperazine rings is 1. The minimum absolute atomic E-state index is 0.174. The average molecular weight is 251 g/mol. The van der Waals surface area contributed by atoms with Crippen molar-refractivity contribution in [3.8, 4) is 0 Å². The molecule has 4 heteroatoms. The summed E-state index contributed by atoms with van der Waals surface area (Å²) in [6.45, 7) is 7.43. The molecule has 1 aromatic carbocycles. The number of hydrogen-bond acceptors (Lipinski definition) is 3. The van der Waals surface area contributed by atoms with Gasteiger partial charge in [-0.3, -0.25) is 4.90 Å². The molecule has 0 amide bonds. The van der Waals surface area contributed by atoms with E-state index in [9.17, 15) is 4.39 Å². The predicted octanol–water partition coefficient (Wildman–Crippen LogP) is 1.92. The number of hydrogen-bond donors (Lipinski definition) is 2. The number of anilines is 1. The summed E-state index contributed by atoms with van der Waals surface area (Å²) in [5.41, 5.74) is 0.602. The highest BCUT2D eigenvalue weighted by Gasteiger charge is 2.15. The minimum atomic E-state index is -0.174. The van der Waals surface area contributed by atoms with Crippen LogP contribution in [0.15, 0.2) is 24.3 Å². The van der Waals surface area contributed by atoms with Gasteiger partial charge in [0.15, 0.2) is 0 Å². The van der Waals surface area contributed by atoms with Gasteiger partial charge in [-0.2, -0.15) is 0 Å². The maximum Gasteiger partial charge on any atom is 0.146 e. The second kappa shape index (κ2) is 6.71. The summed E-state index contributed by atoms with van der Waals surface area (Å²) in [7, 11) is 0. The zero-order valence-electron chi connectivity index (χ0n) is 11.0. The summed E-state index contributed by atoms with van der Waals surface area (Å²) in [5.74, 6) is -0.174. The van der Waals surface area contributed by atoms with Gasteiger partial charge in [0.05, 0.1) is 5.69 Å². The van der Waals surface area contributed by atoms with Gasteiger partial charge in [-0.05, 0) is 25.5 Å². The number of nitrogens with one attached hydrogen (secondary N) is 2. The Morgan fingerprint density at radius 2 is 2.06 bits per heavy atom. The lowest BCUT2D eigenvalue weighted by Crippen LogP contribution is -2.47. The second-order valence-electron chi connectivity index (χ2n) is 4.83. The highest BCUT2D eigenvalue weighted by molar-refractivity contribution is 5.44. The molecule has 2 N–H and O–H groups in total. The Hall–Kier alpha value is -1.13. The predicted molar refractivity (Wildman–Crippen MR) is 73.4 cm³/mol. The van der Waals surface area contributed by atoms with Crippen LogP contribution in [0.3, 0.4) is 0 Å². The maximum atomic E-state index is 13.4. The summed E-state index contributed by atoms with van der Waals surface area (Å²) in [6, 6.07) is 7.38. The maximum absolute atomic E-state index is 13.4. The van der Waals surface area contributed by atoms with E-state index in [1.165, 1.54) is 6.07 Å². The van der Waals surface area contributed by atoms with Crippen LogP contribution in [-0.4, -0.2) is 43.7 Å². The highest BCUT2D eigenvalue weighted by Crippen LogP contribution is 2.13. The van der Waals surface area contributed by atoms with Crippen LogP contribution in [0.2, 0.25) is 0 Å². The topological polar surface area (TPSA) is 27.3 Å². The fourth-order valence-electron chi connectivity index (χ4n) is 2.33. The summed E-state index contributed by atoms with van der Waals surface area (Å²) in [4.78, 5) is 2.49. The van der Waals surface area contributed by atoms with Gasteiger partial charge in [0.2, 0.25) is 0 Å². The van der Waals surface area contributed by atoms with E-state index in [0.29, 0.717) is 11.7 Å². The first-order valence-corrected chi connectivity index (χ1v) is 6.70. The van der Waals surface area contributed by atoms with Crippen LogP contribution >= 0.6 is 0 Å². The highest BCUT2D eigenvalue weighted by atomic mass is 19.1. The smallest absolute Gasteiger partial charge is 0.146 e. The van der Waals surface area contributed by atoms with E-state index in [-0.39, 0.29) is 5.82 Å². The van der Waals surface area contributed by atoms with Gasteiger partial charge in [0.25, 0.3) is 0 Å². The van der Waals surface area contributed by atoms with Gasteiger partial charge in [-0.15, -0.1) is 0 Å². The molecule has 1 fully saturated rings. The molecule has 1 heterocycles. The quantitative estimate of drug-likeness (QED) is 0.837. The van der Waals surface area contributed by atoms with Crippen molar-refractivity contribution in [3.63, 3.8) is 0 Å². The molecule has 0 bridgehead atoms. The van der Waals surface area contributed by atoms with Gasteiger partial charge in [-0.1, -0.05) is 12.1 Å². The van der Waals surface area contributed by atoms with Crippen molar-refractivity contribution in [1.29, 1.82) is 0 Å². The molecular weight excluding hydrogens is 229 g/mol. The van der Waals surface area contributed by atoms with Crippen molar-refractivity contribution >= 4 is 5.69 Å². The number of benzene rings is 1. The summed E-state index contributed by atoms with van der Waals surface area (Å²) in [6.07, 6.45) is 1.04. The standard InChI is InChI=1S/C14H22FN3/c1-12(18-10-8-16-9-11-18)6-7-17-14-5-3-2-4-13(14)15/h2-5,12,16-17H,6-11H2,1H3. The molecule has 1 aliphatic rings. The molecular formula is C14H22FN3. The molecule has 100 valence electrons. The zero-order chi connectivity index (χ0) is 12.8. The van der Waals surface area contributed by atoms with Crippen molar-refractivity contribution in [2.24, 2.45) is 0 Å². The molecule has 2 rings (SSSR count). The van der Waals surface area contributed by atoms with Gasteiger partial charge in [0.1, 0.15) is 5.82 Å². The SMILES string of the molecule is CC(CCNc1ccccc1F)N1CCNCC1. The van der Waals surface area contributed by atoms with E-state index in [4.69, 9.17) is 0 Å². The number of halogens is 1. The van der Waals surface area contributed by atoms with Gasteiger partial charge >= 0.3 is 0 Å². The Bertz CT molecular complexity index is 364. The summed E-state index contributed by atoms with van der Waals surface area (Å²) < 4.78 is 13.4. The van der Waals surface area contributed by atoms with Crippen molar-refractivity contribution in [2.75, 3.05) is 38.0 Å². The molecule has 0 saturated carbocycles. The minimum Gasteiger partial charge on any atom is -0.383 e. The van der Waals surface area contributed by atoms with Gasteiger partial charge < -0.3 is 10.6 Å². The van der Waals surface area contributed by atoms with Crippen LogP contribution < -0.4 is 10.6 Å². The van der Waals surface area contributed by atoms with Crippen LogP contribution in [0.5, 0.6) is 0 Å². The first kappa shape index (κ1) is 13.3. The van der Waals surface area contributed by atoms with Crippen LogP contribution in [0.4, 0.5) is 10.1 Å². The van der Waals surface area contributed by atoms with Gasteiger partial charge in [0, 0.05) is 38.8 Å². The van der Waals surface area contributed by atoms with E-state index < -0.39 is 0 Å². The molecule has 0 spiro atoms. The first-order valence-electron chi connectivity index (χ1n) is 6.70. The lowest BCUT2D eigenvalue weighted by atomic mass is 10.1. The van der Waals surface area contributed by atoms with Crippen molar-refractivity contribution in [3.05, 3.63) is 30.1 Å². The monoisotopic (exact) mass is 251 g/mol. The number of para-hydroxylation sites is 1. The third kappa shape index (κ3) is 3.68. The molecule has 1 aliphatic heterocycles. The van der Waals surface area contributed by atoms with E-state index >= 15 is 0 Å². The Morgan fingerprint density at radius 1 is 1.33 bits per heavy atom. The Morgan fingerprint density at radius 3 is 2.78 bits per heavy atom. The van der Waals surface area contributed by atoms with E-state index in [2.05, 4.69) is 22.5 Å². The average Bonchev–Trinajstić information content (AvgIpc) is 2.42. The second-order valence-corrected chi connectivity index (χ2v) is 4.83. The van der Waals surface area contributed by atoms with Crippen molar-refractivity contribution < 1.29 is 4.39 Å². The molecule has 0 aromatic heterocycles. The van der Waals surface area contributed by atoms with Crippen LogP contribution in [-0.2, 0) is 0 Å². The van der Waals surface area contributed by atoms with Crippen LogP contribution in [0, 0.1) is 5.82 Å². The van der Waals surface area contributed by atoms with Crippen LogP contribution in [0.1, 0.15) is 13.3 Å². The fourth-order valence-corrected chi connectivity index (χ4v) is 2.33. The van der Waals surface area contributed by atoms with E-state index in [1.807, 2.05) is 6.07 Å². The number of nitrogens with zero attached hydrogens (tertiary/aromatic N) is 1. The van der Waals surface area contributed by atoms with Crippen molar-refractivity contribution in [1.82, 2.24) is 10.2 Å². The number of rotatable bonds is 5. The molecule has 18 heavy (non-hydrogen) atoms. The molecule has 1 unspecified atom stereocenters. The summed E-state index contributed by atoms with van der Waals surface area (Å²) >= 11 is 0. The Labute approximate surface area is 108 Å². The normalized spacial score (nSPS) is 18.6. The molecule has 1 saturated heterocycles. The third-order valence-electron chi connectivity index (χ3n) is 3.53. The zero-order valence-corrected chi connectivity index (χ0v) is 11.0. The lowest BCUT2D eigenvalue weighted by molar-refractivity contribution is 0.179. The van der Waals surface area contributed by atoms with E-state index in [0.717, 1.165) is 39.1 Å². The third-order valence-corrected chi connectivity index (χ3v) is 3.53. The molecule has 1 atom stereocenters. The summed E-state index contributed by atoms with van der Waals surface area (Å²) in [5, 5.41) is 6.52. The molecule has 0 aliphatic carbocycles. The largest absolute Gasteiger partial charge is 0.383 e. The Balaban J connectivity index is 1.73. The Kier molecular flexibility index (Phi) is 4.96. The molecule has 1 aromatic rings. The first-order chi connectivity index (χ1) is 8.77. The van der Waals surface area contributed by atoms with Crippen molar-refractivity contribution in [2.45, 2.75) is 19.4 Å². The van der Waals surface area contributed by atoms with Crippen LogP contribution in [0.25, 0.3) is 0 Å².